The summed E-state index contributed by atoms with van der Waals surface area (Å²) in [6, 6.07) is 8.28. The maximum absolute atomic E-state index is 3.97. The number of aromatic amines is 1. The third-order valence-electron chi connectivity index (χ3n) is 2.26. The Kier molecular flexibility index (Phi) is 3.11. The minimum Gasteiger partial charge on any atom is -0.177 e. The van der Waals surface area contributed by atoms with Crippen molar-refractivity contribution in [1.29, 1.82) is 0 Å². The van der Waals surface area contributed by atoms with E-state index in [4.69, 9.17) is 0 Å². The van der Waals surface area contributed by atoms with Gasteiger partial charge in [0, 0.05) is 10.4 Å². The summed E-state index contributed by atoms with van der Waals surface area (Å²) in [5, 5.41) is 14.0. The van der Waals surface area contributed by atoms with Gasteiger partial charge in [-0.3, -0.25) is 0 Å². The number of hydrogen-bond donors (Lipinski definition) is 1. The molecule has 2 rings (SSSR count). The van der Waals surface area contributed by atoms with Gasteiger partial charge in [-0.25, -0.2) is 0 Å². The van der Waals surface area contributed by atoms with E-state index in [1.807, 2.05) is 12.1 Å². The molecule has 15 heavy (non-hydrogen) atoms. The van der Waals surface area contributed by atoms with Gasteiger partial charge in [-0.1, -0.05) is 40.2 Å². The highest BCUT2D eigenvalue weighted by Crippen LogP contribution is 2.18. The summed E-state index contributed by atoms with van der Waals surface area (Å²) < 4.78 is 1.10. The number of aromatic nitrogens is 4. The Hall–Kier alpha value is -1.23. The summed E-state index contributed by atoms with van der Waals surface area (Å²) in [5.41, 5.74) is 1.27. The molecule has 0 bridgehead atoms. The molecule has 0 radical (unpaired) electrons. The fraction of sp³-hybridized carbons (Fsp3) is 0.300. The zero-order valence-corrected chi connectivity index (χ0v) is 9.90. The van der Waals surface area contributed by atoms with E-state index in [1.54, 1.807) is 0 Å². The van der Waals surface area contributed by atoms with E-state index in [-0.39, 0.29) is 5.92 Å². The molecule has 1 aromatic heterocycles. The third-order valence-corrected chi connectivity index (χ3v) is 2.79. The second-order valence-electron chi connectivity index (χ2n) is 3.50. The molecule has 0 saturated carbocycles. The van der Waals surface area contributed by atoms with Crippen molar-refractivity contribution < 1.29 is 0 Å². The minimum atomic E-state index is 0.282. The summed E-state index contributed by atoms with van der Waals surface area (Å²) in [5.74, 6) is 1.04. The van der Waals surface area contributed by atoms with Crippen LogP contribution >= 0.6 is 15.9 Å². The molecular formula is C10H11BrN4. The highest BCUT2D eigenvalue weighted by Gasteiger charge is 2.10. The third kappa shape index (κ3) is 2.62. The van der Waals surface area contributed by atoms with Crippen molar-refractivity contribution in [3.8, 4) is 0 Å². The van der Waals surface area contributed by atoms with Crippen LogP contribution in [0.25, 0.3) is 0 Å². The van der Waals surface area contributed by atoms with E-state index in [9.17, 15) is 0 Å². The molecule has 0 aliphatic rings. The highest BCUT2D eigenvalue weighted by atomic mass is 79.9. The summed E-state index contributed by atoms with van der Waals surface area (Å²) in [6.45, 7) is 2.09. The first kappa shape index (κ1) is 10.3. The lowest BCUT2D eigenvalue weighted by Gasteiger charge is -2.06. The molecule has 2 aromatic rings. The molecule has 0 aliphatic heterocycles. The normalized spacial score (nSPS) is 12.7. The molecule has 1 atom stereocenters. The summed E-state index contributed by atoms with van der Waals surface area (Å²) in [6.07, 6.45) is 0.923. The van der Waals surface area contributed by atoms with Crippen molar-refractivity contribution in [3.05, 3.63) is 40.1 Å². The Morgan fingerprint density at radius 1 is 1.33 bits per heavy atom. The van der Waals surface area contributed by atoms with Gasteiger partial charge < -0.3 is 0 Å². The largest absolute Gasteiger partial charge is 0.177 e. The molecule has 5 heteroatoms. The zero-order chi connectivity index (χ0) is 10.7. The average Bonchev–Trinajstić information content (AvgIpc) is 2.74. The predicted molar refractivity (Wildman–Crippen MR) is 60.4 cm³/mol. The number of tetrazole rings is 1. The monoisotopic (exact) mass is 266 g/mol. The molecule has 1 aromatic carbocycles. The van der Waals surface area contributed by atoms with Crippen LogP contribution in [-0.4, -0.2) is 20.6 Å². The lowest BCUT2D eigenvalue weighted by Crippen LogP contribution is -2.00. The SMILES string of the molecule is C[C@@H](Cc1ccc(Br)cc1)c1nn[nH]n1. The minimum absolute atomic E-state index is 0.282. The van der Waals surface area contributed by atoms with Gasteiger partial charge in [0.15, 0.2) is 5.82 Å². The summed E-state index contributed by atoms with van der Waals surface area (Å²) in [4.78, 5) is 0. The van der Waals surface area contributed by atoms with Crippen LogP contribution in [0.3, 0.4) is 0 Å². The zero-order valence-electron chi connectivity index (χ0n) is 8.31. The first-order chi connectivity index (χ1) is 7.25. The second-order valence-corrected chi connectivity index (χ2v) is 4.42. The van der Waals surface area contributed by atoms with Crippen LogP contribution in [0.4, 0.5) is 0 Å². The molecule has 0 spiro atoms. The van der Waals surface area contributed by atoms with Crippen LogP contribution < -0.4 is 0 Å². The molecule has 78 valence electrons. The van der Waals surface area contributed by atoms with Crippen molar-refractivity contribution in [3.63, 3.8) is 0 Å². The number of halogens is 1. The fourth-order valence-corrected chi connectivity index (χ4v) is 1.71. The van der Waals surface area contributed by atoms with Crippen molar-refractivity contribution in [2.45, 2.75) is 19.3 Å². The van der Waals surface area contributed by atoms with Crippen LogP contribution in [0.1, 0.15) is 24.2 Å². The van der Waals surface area contributed by atoms with Crippen LogP contribution in [-0.2, 0) is 6.42 Å². The Morgan fingerprint density at radius 2 is 2.07 bits per heavy atom. The number of rotatable bonds is 3. The molecule has 0 aliphatic carbocycles. The molecule has 0 saturated heterocycles. The molecule has 0 fully saturated rings. The molecule has 1 heterocycles. The van der Waals surface area contributed by atoms with Gasteiger partial charge in [0.25, 0.3) is 0 Å². The van der Waals surface area contributed by atoms with Gasteiger partial charge >= 0.3 is 0 Å². The molecule has 0 unspecified atom stereocenters. The van der Waals surface area contributed by atoms with Gasteiger partial charge in [-0.2, -0.15) is 5.21 Å². The Balaban J connectivity index is 2.06. The Morgan fingerprint density at radius 3 is 2.67 bits per heavy atom. The predicted octanol–water partition coefficient (Wildman–Crippen LogP) is 2.31. The lowest BCUT2D eigenvalue weighted by molar-refractivity contribution is 0.700. The number of nitrogens with one attached hydrogen (secondary N) is 1. The molecular weight excluding hydrogens is 256 g/mol. The van der Waals surface area contributed by atoms with Crippen molar-refractivity contribution in [1.82, 2.24) is 20.6 Å². The molecule has 4 nitrogen and oxygen atoms in total. The van der Waals surface area contributed by atoms with Crippen molar-refractivity contribution >= 4 is 15.9 Å². The fourth-order valence-electron chi connectivity index (χ4n) is 1.44. The number of benzene rings is 1. The van der Waals surface area contributed by atoms with Gasteiger partial charge in [0.1, 0.15) is 0 Å². The van der Waals surface area contributed by atoms with E-state index in [0.717, 1.165) is 16.7 Å². The molecule has 0 amide bonds. The quantitative estimate of drug-likeness (QED) is 0.928. The second kappa shape index (κ2) is 4.53. The van der Waals surface area contributed by atoms with E-state index in [0.29, 0.717) is 0 Å². The maximum atomic E-state index is 3.97. The highest BCUT2D eigenvalue weighted by molar-refractivity contribution is 9.10. The van der Waals surface area contributed by atoms with E-state index in [2.05, 4.69) is 55.6 Å². The standard InChI is InChI=1S/C10H11BrN4/c1-7(10-12-14-15-13-10)6-8-2-4-9(11)5-3-8/h2-5,7H,6H2,1H3,(H,12,13,14,15)/t7-/m0/s1. The number of H-pyrrole nitrogens is 1. The topological polar surface area (TPSA) is 54.5 Å². The van der Waals surface area contributed by atoms with Gasteiger partial charge in [0.2, 0.25) is 0 Å². The number of nitrogens with zero attached hydrogens (tertiary/aromatic N) is 3. The van der Waals surface area contributed by atoms with Crippen molar-refractivity contribution in [2.24, 2.45) is 0 Å². The van der Waals surface area contributed by atoms with Crippen LogP contribution in [0.5, 0.6) is 0 Å². The number of hydrogen-bond acceptors (Lipinski definition) is 3. The van der Waals surface area contributed by atoms with E-state index < -0.39 is 0 Å². The Bertz CT molecular complexity index is 409. The first-order valence-corrected chi connectivity index (χ1v) is 5.53. The van der Waals surface area contributed by atoms with Gasteiger partial charge in [-0.15, -0.1) is 10.2 Å². The van der Waals surface area contributed by atoms with E-state index >= 15 is 0 Å². The maximum Gasteiger partial charge on any atom is 0.177 e. The smallest absolute Gasteiger partial charge is 0.177 e. The average molecular weight is 267 g/mol. The summed E-state index contributed by atoms with van der Waals surface area (Å²) >= 11 is 3.41. The first-order valence-electron chi connectivity index (χ1n) is 4.73. The van der Waals surface area contributed by atoms with Crippen LogP contribution in [0.15, 0.2) is 28.7 Å². The van der Waals surface area contributed by atoms with Crippen LogP contribution in [0, 0.1) is 0 Å². The Labute approximate surface area is 96.2 Å². The van der Waals surface area contributed by atoms with Gasteiger partial charge in [-0.05, 0) is 24.1 Å². The molecule has 1 N–H and O–H groups in total. The lowest BCUT2D eigenvalue weighted by atomic mass is 10.0. The van der Waals surface area contributed by atoms with Crippen molar-refractivity contribution in [2.75, 3.05) is 0 Å². The van der Waals surface area contributed by atoms with E-state index in [1.165, 1.54) is 5.56 Å². The van der Waals surface area contributed by atoms with Gasteiger partial charge in [0.05, 0.1) is 0 Å². The van der Waals surface area contributed by atoms with Crippen LogP contribution in [0.2, 0.25) is 0 Å². The summed E-state index contributed by atoms with van der Waals surface area (Å²) in [7, 11) is 0.